The molecular formula is C57H96O34. The van der Waals surface area contributed by atoms with E-state index in [1.165, 1.54) is 49.4 Å². The smallest absolute Gasteiger partial charge is 0.306 e. The van der Waals surface area contributed by atoms with Gasteiger partial charge in [-0.05, 0) is 13.8 Å². The lowest BCUT2D eigenvalue weighted by Crippen LogP contribution is -2.69. The van der Waals surface area contributed by atoms with E-state index in [9.17, 15) is 58.5 Å². The number of aliphatic hydroxyl groups excluding tert-OH is 2. The first kappa shape index (κ1) is 83.6. The lowest BCUT2D eigenvalue weighted by molar-refractivity contribution is -0.392. The Bertz CT molecular complexity index is 2250. The molecule has 5 N–H and O–H groups in total. The molecule has 0 aromatic rings. The summed E-state index contributed by atoms with van der Waals surface area (Å²) < 4.78 is 119. The third-order valence-corrected chi connectivity index (χ3v) is 14.0. The highest BCUT2D eigenvalue weighted by Gasteiger charge is 2.59. The van der Waals surface area contributed by atoms with Crippen LogP contribution in [0, 0.1) is 5.92 Å². The Morgan fingerprint density at radius 3 is 1.44 bits per heavy atom. The lowest BCUT2D eigenvalue weighted by atomic mass is 9.90. The molecule has 4 aliphatic rings. The van der Waals surface area contributed by atoms with Crippen molar-refractivity contribution >= 4 is 53.7 Å². The molecule has 4 heterocycles. The first-order chi connectivity index (χ1) is 41.7. The van der Waals surface area contributed by atoms with Gasteiger partial charge in [0.15, 0.2) is 37.4 Å². The molecule has 34 heteroatoms. The molecule has 0 spiro atoms. The van der Waals surface area contributed by atoms with Crippen molar-refractivity contribution in [1.29, 1.82) is 0 Å². The number of aliphatic hydroxyl groups is 2. The molecule has 0 aromatic heterocycles. The summed E-state index contributed by atoms with van der Waals surface area (Å²) in [6, 6.07) is 0. The maximum absolute atomic E-state index is 13.8. The number of rotatable bonds is 36. The molecule has 0 aliphatic carbocycles. The van der Waals surface area contributed by atoms with E-state index < -0.39 is 247 Å². The van der Waals surface area contributed by atoms with Crippen molar-refractivity contribution in [2.45, 2.75) is 231 Å². The minimum Gasteiger partial charge on any atom is -0.481 e. The van der Waals surface area contributed by atoms with Crippen LogP contribution in [0.2, 0.25) is 0 Å². The van der Waals surface area contributed by atoms with Gasteiger partial charge in [0, 0.05) is 62.2 Å². The standard InChI is InChI=1S/C54H84O34.3CH4/c1-24(79-38(65)16-13-35(60)61)18-74-21-30-26(3)42(70-8)41(68)51(81-30)87-45-31(20-69-7)83-54(50(80-29(6)57)48(45)85-39(66)17-14-36(62)63)88-44-33(22-75-27(4)55)84-53(49(72-10)47(44)77-19-25(2)78-28(5)56)86-43-32(23-76-37(64)15-12-34(58)59)82-52(73-11)46(71-9)40(43)67;;;/h24-26,30-33,40-54,67-68H,12-23H2,1-11H3,(H,58,59)(H,60,61)(H,62,63);3*1H4. The monoisotopic (exact) mass is 1320 g/mol. The Kier molecular flexibility index (Phi) is 38.0. The number of carboxylic acids is 3. The van der Waals surface area contributed by atoms with Crippen molar-refractivity contribution in [1.82, 2.24) is 0 Å². The van der Waals surface area contributed by atoms with Crippen molar-refractivity contribution in [2.75, 3.05) is 75.2 Å². The van der Waals surface area contributed by atoms with Crippen LogP contribution in [0.5, 0.6) is 0 Å². The third kappa shape index (κ3) is 25.8. The maximum atomic E-state index is 13.8. The van der Waals surface area contributed by atoms with Crippen LogP contribution in [0.3, 0.4) is 0 Å². The Morgan fingerprint density at radius 2 is 0.901 bits per heavy atom. The lowest BCUT2D eigenvalue weighted by Gasteiger charge is -2.51. The molecule has 22 atom stereocenters. The highest BCUT2D eigenvalue weighted by atomic mass is 16.8. The van der Waals surface area contributed by atoms with Crippen molar-refractivity contribution in [3.8, 4) is 0 Å². The zero-order valence-corrected chi connectivity index (χ0v) is 50.8. The minimum absolute atomic E-state index is 0. The normalized spacial score (nSPS) is 31.9. The second-order valence-electron chi connectivity index (χ2n) is 20.9. The molecule has 528 valence electrons. The number of carboxylic acid groups (broad SMARTS) is 3. The molecule has 4 aliphatic heterocycles. The Balaban J connectivity index is 0.0000138. The highest BCUT2D eigenvalue weighted by Crippen LogP contribution is 2.39. The number of carbonyl (C=O) groups excluding carboxylic acids is 6. The van der Waals surface area contributed by atoms with Gasteiger partial charge in [-0.1, -0.05) is 29.2 Å². The van der Waals surface area contributed by atoms with Crippen LogP contribution in [0.15, 0.2) is 0 Å². The summed E-state index contributed by atoms with van der Waals surface area (Å²) in [4.78, 5) is 111. The van der Waals surface area contributed by atoms with Gasteiger partial charge in [-0.3, -0.25) is 43.2 Å². The number of esters is 6. The van der Waals surface area contributed by atoms with Crippen LogP contribution in [0.4, 0.5) is 0 Å². The highest BCUT2D eigenvalue weighted by molar-refractivity contribution is 5.78. The van der Waals surface area contributed by atoms with Crippen LogP contribution in [0.1, 0.15) is 102 Å². The number of ether oxygens (including phenoxy) is 20. The minimum atomic E-state index is -1.96. The summed E-state index contributed by atoms with van der Waals surface area (Å²) in [7, 11) is 6.22. The van der Waals surface area contributed by atoms with Crippen molar-refractivity contribution in [2.24, 2.45) is 5.92 Å². The van der Waals surface area contributed by atoms with Crippen molar-refractivity contribution < 1.29 is 163 Å². The summed E-state index contributed by atoms with van der Waals surface area (Å²) >= 11 is 0. The van der Waals surface area contributed by atoms with Gasteiger partial charge in [-0.25, -0.2) is 0 Å². The Hall–Kier alpha value is -5.41. The first-order valence-corrected chi connectivity index (χ1v) is 28.1. The van der Waals surface area contributed by atoms with E-state index in [0.29, 0.717) is 0 Å². The summed E-state index contributed by atoms with van der Waals surface area (Å²) in [5, 5.41) is 51.3. The first-order valence-electron chi connectivity index (χ1n) is 28.1. The molecule has 0 bridgehead atoms. The van der Waals surface area contributed by atoms with Crippen molar-refractivity contribution in [3.63, 3.8) is 0 Å². The molecule has 0 amide bonds. The van der Waals surface area contributed by atoms with Gasteiger partial charge in [0.2, 0.25) is 0 Å². The van der Waals surface area contributed by atoms with Crippen LogP contribution < -0.4 is 0 Å². The summed E-state index contributed by atoms with van der Waals surface area (Å²) in [5.41, 5.74) is 0. The molecule has 22 unspecified atom stereocenters. The zero-order valence-electron chi connectivity index (χ0n) is 50.8. The Labute approximate surface area is 528 Å². The van der Waals surface area contributed by atoms with E-state index in [4.69, 9.17) is 105 Å². The summed E-state index contributed by atoms with van der Waals surface area (Å²) in [5.74, 6) is -9.98. The van der Waals surface area contributed by atoms with E-state index in [1.54, 1.807) is 6.92 Å². The number of hydrogen-bond acceptors (Lipinski definition) is 31. The Morgan fingerprint density at radius 1 is 0.418 bits per heavy atom. The fraction of sp³-hybridized carbons (Fsp3) is 0.842. The van der Waals surface area contributed by atoms with E-state index >= 15 is 0 Å². The third-order valence-electron chi connectivity index (χ3n) is 14.0. The fourth-order valence-corrected chi connectivity index (χ4v) is 9.96. The van der Waals surface area contributed by atoms with Gasteiger partial charge < -0.3 is 120 Å². The van der Waals surface area contributed by atoms with Crippen LogP contribution in [0.25, 0.3) is 0 Å². The number of aliphatic carboxylic acids is 3. The predicted molar refractivity (Wildman–Crippen MR) is 303 cm³/mol. The van der Waals surface area contributed by atoms with E-state index in [1.807, 2.05) is 0 Å². The van der Waals surface area contributed by atoms with Crippen LogP contribution in [-0.2, 0) is 138 Å². The van der Waals surface area contributed by atoms with Gasteiger partial charge >= 0.3 is 53.7 Å². The number of carbonyl (C=O) groups is 9. The molecular weight excluding hydrogens is 1230 g/mol. The van der Waals surface area contributed by atoms with E-state index in [2.05, 4.69) is 0 Å². The molecule has 91 heavy (non-hydrogen) atoms. The summed E-state index contributed by atoms with van der Waals surface area (Å²) in [6.45, 7) is 5.17. The second kappa shape index (κ2) is 41.3. The average Bonchev–Trinajstić information content (AvgIpc) is 0.796. The van der Waals surface area contributed by atoms with Gasteiger partial charge in [-0.2, -0.15) is 0 Å². The topological polar surface area (TPSA) is 439 Å². The molecule has 4 rings (SSSR count). The molecule has 34 nitrogen and oxygen atoms in total. The van der Waals surface area contributed by atoms with Crippen molar-refractivity contribution in [3.05, 3.63) is 0 Å². The SMILES string of the molecule is C.C.C.COCC1OC(OC2C(COC(C)=O)OC(OC3C(COC(=O)CCC(=O)O)OC(OC)C(OC)C3O)C(OC)C2OCC(C)OC(C)=O)C(OC(C)=O)C(OC(=O)CCC(=O)O)C1OC1OC(COCC(C)OC(=O)CCC(=O)O)C(C)C(OC)C1O. The van der Waals surface area contributed by atoms with Crippen LogP contribution >= 0.6 is 0 Å². The number of hydrogen-bond donors (Lipinski definition) is 5. The maximum Gasteiger partial charge on any atom is 0.306 e. The molecule has 0 radical (unpaired) electrons. The molecule has 4 saturated heterocycles. The van der Waals surface area contributed by atoms with E-state index in [0.717, 1.165) is 20.8 Å². The van der Waals surface area contributed by atoms with Gasteiger partial charge in [0.05, 0.1) is 77.2 Å². The second-order valence-corrected chi connectivity index (χ2v) is 20.9. The van der Waals surface area contributed by atoms with E-state index in [-0.39, 0.29) is 41.9 Å². The predicted octanol–water partition coefficient (Wildman–Crippen LogP) is 0.475. The number of methoxy groups -OCH3 is 5. The van der Waals surface area contributed by atoms with Gasteiger partial charge in [-0.15, -0.1) is 0 Å². The largest absolute Gasteiger partial charge is 0.481 e. The molecule has 0 aromatic carbocycles. The van der Waals surface area contributed by atoms with Gasteiger partial charge in [0.25, 0.3) is 0 Å². The average molecular weight is 1330 g/mol. The van der Waals surface area contributed by atoms with Gasteiger partial charge in [0.1, 0.15) is 92.6 Å². The quantitative estimate of drug-likeness (QED) is 0.0420. The fourth-order valence-electron chi connectivity index (χ4n) is 9.96. The molecule has 0 saturated carbocycles. The van der Waals surface area contributed by atoms with Crippen LogP contribution in [-0.4, -0.2) is 283 Å². The zero-order chi connectivity index (χ0) is 65.5. The summed E-state index contributed by atoms with van der Waals surface area (Å²) in [6.07, 6.45) is -35.0. The molecule has 4 fully saturated rings.